The van der Waals surface area contributed by atoms with Crippen LogP contribution >= 0.6 is 0 Å². The Bertz CT molecular complexity index is 1360. The Morgan fingerprint density at radius 1 is 0.806 bits per heavy atom. The van der Waals surface area contributed by atoms with Gasteiger partial charge >= 0.3 is 6.09 Å². The molecule has 0 heterocycles. The Labute approximate surface area is 211 Å². The zero-order chi connectivity index (χ0) is 24.6. The van der Waals surface area contributed by atoms with Crippen LogP contribution in [0.3, 0.4) is 0 Å². The second kappa shape index (κ2) is 11.3. The molecule has 4 heteroatoms. The number of carbonyl (C=O) groups is 1. The van der Waals surface area contributed by atoms with E-state index in [1.54, 1.807) is 0 Å². The van der Waals surface area contributed by atoms with E-state index in [4.69, 9.17) is 9.47 Å². The fourth-order valence-electron chi connectivity index (χ4n) is 4.45. The van der Waals surface area contributed by atoms with Crippen molar-refractivity contribution in [3.63, 3.8) is 0 Å². The van der Waals surface area contributed by atoms with E-state index < -0.39 is 6.09 Å². The summed E-state index contributed by atoms with van der Waals surface area (Å²) < 4.78 is 11.4. The maximum absolute atomic E-state index is 12.3. The Hall–Kier alpha value is -4.49. The number of hydrogen-bond acceptors (Lipinski definition) is 3. The molecule has 0 saturated carbocycles. The smallest absolute Gasteiger partial charge is 0.407 e. The van der Waals surface area contributed by atoms with Crippen molar-refractivity contribution >= 4 is 6.09 Å². The van der Waals surface area contributed by atoms with Gasteiger partial charge in [-0.3, -0.25) is 0 Å². The third-order valence-electron chi connectivity index (χ3n) is 6.18. The molecule has 0 fully saturated rings. The normalized spacial score (nSPS) is 11.6. The molecule has 0 spiro atoms. The number of amides is 1. The van der Waals surface area contributed by atoms with Gasteiger partial charge in [-0.15, -0.1) is 0 Å². The van der Waals surface area contributed by atoms with Crippen LogP contribution in [0.1, 0.15) is 34.6 Å². The monoisotopic (exact) mass is 473 g/mol. The number of ether oxygens (including phenoxy) is 2. The Morgan fingerprint density at radius 2 is 1.50 bits per heavy atom. The molecule has 0 unspecified atom stereocenters. The molecule has 1 aliphatic carbocycles. The third-order valence-corrected chi connectivity index (χ3v) is 6.18. The molecule has 0 bridgehead atoms. The van der Waals surface area contributed by atoms with Crippen LogP contribution in [0.4, 0.5) is 4.79 Å². The van der Waals surface area contributed by atoms with Gasteiger partial charge in [-0.25, -0.2) is 4.79 Å². The summed E-state index contributed by atoms with van der Waals surface area (Å²) in [5.74, 6) is 7.07. The highest BCUT2D eigenvalue weighted by molar-refractivity contribution is 5.79. The summed E-state index contributed by atoms with van der Waals surface area (Å²) in [6.07, 6.45) is 0.106. The Balaban J connectivity index is 1.08. The van der Waals surface area contributed by atoms with E-state index in [9.17, 15) is 4.79 Å². The second-order valence-electron chi connectivity index (χ2n) is 8.61. The molecular formula is C32H27NO3. The van der Waals surface area contributed by atoms with Crippen molar-refractivity contribution in [3.8, 4) is 28.7 Å². The van der Waals surface area contributed by atoms with Crippen LogP contribution in [0.25, 0.3) is 11.1 Å². The Morgan fingerprint density at radius 3 is 2.25 bits per heavy atom. The highest BCUT2D eigenvalue weighted by Gasteiger charge is 2.28. The van der Waals surface area contributed by atoms with E-state index in [0.29, 0.717) is 26.2 Å². The van der Waals surface area contributed by atoms with Crippen LogP contribution in [0.2, 0.25) is 0 Å². The molecule has 36 heavy (non-hydrogen) atoms. The van der Waals surface area contributed by atoms with E-state index in [1.807, 2.05) is 78.9 Å². The summed E-state index contributed by atoms with van der Waals surface area (Å²) in [5.41, 5.74) is 6.83. The number of hydrogen-bond donors (Lipinski definition) is 1. The quantitative estimate of drug-likeness (QED) is 0.245. The largest absolute Gasteiger partial charge is 0.489 e. The van der Waals surface area contributed by atoms with E-state index in [-0.39, 0.29) is 5.92 Å². The van der Waals surface area contributed by atoms with Gasteiger partial charge in [0.05, 0.1) is 0 Å². The lowest BCUT2D eigenvalue weighted by atomic mass is 9.98. The summed E-state index contributed by atoms with van der Waals surface area (Å²) in [4.78, 5) is 12.3. The lowest BCUT2D eigenvalue weighted by Gasteiger charge is -2.14. The van der Waals surface area contributed by atoms with Gasteiger partial charge < -0.3 is 14.8 Å². The fourth-order valence-corrected chi connectivity index (χ4v) is 4.45. The molecule has 0 saturated heterocycles. The molecule has 4 aromatic carbocycles. The molecule has 0 aliphatic heterocycles. The predicted octanol–water partition coefficient (Wildman–Crippen LogP) is 6.55. The minimum absolute atomic E-state index is 0.0549. The summed E-state index contributed by atoms with van der Waals surface area (Å²) in [6, 6.07) is 34.4. The van der Waals surface area contributed by atoms with Crippen molar-refractivity contribution < 1.29 is 14.3 Å². The van der Waals surface area contributed by atoms with Gasteiger partial charge in [-0.2, -0.15) is 0 Å². The SMILES string of the molecule is O=C(NCCC#Cc1cccc(OCc2ccccc2)c1)OCC1c2ccccc2-c2ccccc21. The van der Waals surface area contributed by atoms with Crippen LogP contribution < -0.4 is 10.1 Å². The van der Waals surface area contributed by atoms with Crippen LogP contribution in [0, 0.1) is 11.8 Å². The van der Waals surface area contributed by atoms with Crippen molar-refractivity contribution in [1.82, 2.24) is 5.32 Å². The molecular weight excluding hydrogens is 446 g/mol. The first kappa shape index (κ1) is 23.3. The number of benzene rings is 4. The topological polar surface area (TPSA) is 47.6 Å². The van der Waals surface area contributed by atoms with Gasteiger partial charge in [0, 0.05) is 24.4 Å². The number of carbonyl (C=O) groups excluding carboxylic acids is 1. The van der Waals surface area contributed by atoms with E-state index in [1.165, 1.54) is 22.3 Å². The predicted molar refractivity (Wildman–Crippen MR) is 142 cm³/mol. The molecule has 0 aromatic heterocycles. The second-order valence-corrected chi connectivity index (χ2v) is 8.61. The first-order valence-corrected chi connectivity index (χ1v) is 12.1. The molecule has 1 amide bonds. The van der Waals surface area contributed by atoms with E-state index in [2.05, 4.69) is 41.4 Å². The van der Waals surface area contributed by atoms with Gasteiger partial charge in [0.25, 0.3) is 0 Å². The van der Waals surface area contributed by atoms with Gasteiger partial charge in [0.2, 0.25) is 0 Å². The van der Waals surface area contributed by atoms with Crippen molar-refractivity contribution in [3.05, 3.63) is 125 Å². The van der Waals surface area contributed by atoms with Gasteiger partial charge in [0.15, 0.2) is 0 Å². The van der Waals surface area contributed by atoms with E-state index in [0.717, 1.165) is 16.9 Å². The van der Waals surface area contributed by atoms with E-state index >= 15 is 0 Å². The summed E-state index contributed by atoms with van der Waals surface area (Å²) in [7, 11) is 0. The molecule has 178 valence electrons. The highest BCUT2D eigenvalue weighted by Crippen LogP contribution is 2.44. The zero-order valence-electron chi connectivity index (χ0n) is 19.9. The van der Waals surface area contributed by atoms with Crippen molar-refractivity contribution in [2.24, 2.45) is 0 Å². The molecule has 0 atom stereocenters. The van der Waals surface area contributed by atoms with Crippen LogP contribution in [0.5, 0.6) is 5.75 Å². The first-order valence-electron chi connectivity index (χ1n) is 12.1. The molecule has 4 aromatic rings. The highest BCUT2D eigenvalue weighted by atomic mass is 16.5. The minimum Gasteiger partial charge on any atom is -0.489 e. The third kappa shape index (κ3) is 5.59. The average Bonchev–Trinajstić information content (AvgIpc) is 3.25. The fraction of sp³-hybridized carbons (Fsp3) is 0.156. The number of rotatable bonds is 7. The molecule has 5 rings (SSSR count). The number of alkyl carbamates (subject to hydrolysis) is 1. The lowest BCUT2D eigenvalue weighted by Crippen LogP contribution is -2.26. The standard InChI is InChI=1S/C32H27NO3/c34-32(36-23-31-29-18-6-4-16-27(29)28-17-5-7-19-30(28)31)33-20-9-8-11-24-14-10-15-26(21-24)35-22-25-12-2-1-3-13-25/h1-7,10,12-19,21,31H,9,20,22-23H2,(H,33,34). The van der Waals surface area contributed by atoms with Gasteiger partial charge in [0.1, 0.15) is 19.0 Å². The number of nitrogens with one attached hydrogen (secondary N) is 1. The maximum Gasteiger partial charge on any atom is 0.407 e. The van der Waals surface area contributed by atoms with Gasteiger partial charge in [-0.05, 0) is 46.0 Å². The Kier molecular flexibility index (Phi) is 7.30. The average molecular weight is 474 g/mol. The molecule has 1 aliphatic rings. The summed E-state index contributed by atoms with van der Waals surface area (Å²) >= 11 is 0. The number of fused-ring (bicyclic) bond motifs is 3. The van der Waals surface area contributed by atoms with Crippen LogP contribution in [-0.4, -0.2) is 19.2 Å². The minimum atomic E-state index is -0.421. The molecule has 0 radical (unpaired) electrons. The van der Waals surface area contributed by atoms with Crippen LogP contribution in [0.15, 0.2) is 103 Å². The molecule has 4 nitrogen and oxygen atoms in total. The molecule has 1 N–H and O–H groups in total. The lowest BCUT2D eigenvalue weighted by molar-refractivity contribution is 0.143. The van der Waals surface area contributed by atoms with Crippen molar-refractivity contribution in [2.75, 3.05) is 13.2 Å². The van der Waals surface area contributed by atoms with Crippen LogP contribution in [-0.2, 0) is 11.3 Å². The van der Waals surface area contributed by atoms with Gasteiger partial charge in [-0.1, -0.05) is 96.8 Å². The van der Waals surface area contributed by atoms with Crippen molar-refractivity contribution in [2.45, 2.75) is 18.9 Å². The summed E-state index contributed by atoms with van der Waals surface area (Å²) in [6.45, 7) is 1.25. The van der Waals surface area contributed by atoms with Crippen molar-refractivity contribution in [1.29, 1.82) is 0 Å². The maximum atomic E-state index is 12.3. The zero-order valence-corrected chi connectivity index (χ0v) is 19.9. The summed E-state index contributed by atoms with van der Waals surface area (Å²) in [5, 5.41) is 2.80. The first-order chi connectivity index (χ1) is 17.8.